The summed E-state index contributed by atoms with van der Waals surface area (Å²) >= 11 is 0. The molecule has 0 aliphatic rings. The van der Waals surface area contributed by atoms with E-state index < -0.39 is 205 Å². The quantitative estimate of drug-likeness (QED) is 0.0638. The Kier molecular flexibility index (Phi) is 16.3. The normalized spacial score (nSPS) is 13.7. The minimum absolute atomic E-state index is 0.00991. The summed E-state index contributed by atoms with van der Waals surface area (Å²) in [5, 5.41) is 0. The summed E-state index contributed by atoms with van der Waals surface area (Å²) in [6.07, 6.45) is -54.8. The van der Waals surface area contributed by atoms with Crippen molar-refractivity contribution in [3.8, 4) is 0 Å². The fourth-order valence-electron chi connectivity index (χ4n) is 7.43. The summed E-state index contributed by atoms with van der Waals surface area (Å²) < 4.78 is 353. The Morgan fingerprint density at radius 2 is 0.556 bits per heavy atom. The van der Waals surface area contributed by atoms with E-state index in [-0.39, 0.29) is 11.5 Å². The average molecular weight is 1090 g/mol. The molecule has 5 aromatic rings. The fourth-order valence-corrected chi connectivity index (χ4v) is 8.89. The maximum Gasteiger partial charge on any atom is 0.416 e. The van der Waals surface area contributed by atoms with E-state index in [0.717, 1.165) is 0 Å². The predicted octanol–water partition coefficient (Wildman–Crippen LogP) is 13.6. The summed E-state index contributed by atoms with van der Waals surface area (Å²) in [5.41, 5.74) is -29.5. The number of ketones is 1. The molecule has 0 atom stereocenters. The molecule has 0 heterocycles. The SMILES string of the molecule is CC[S+](=O)(CC)CC(=O)c1ccccc1.FC(F)(F)c1cc([B-](c2cc(C(F)(F)F)cc(C(F)(F)F)c2)(c2cc(C(F)(F)F)cc(C(F)(F)F)c2)c2cc(C(F)(F)F)cc(C(F)(F)F)c2)cc(C(F)(F)F)c1. The van der Waals surface area contributed by atoms with Gasteiger partial charge in [-0.1, -0.05) is 78.9 Å². The first-order valence-corrected chi connectivity index (χ1v) is 21.8. The number of rotatable bonds is 9. The third kappa shape index (κ3) is 13.7. The third-order valence-corrected chi connectivity index (χ3v) is 13.9. The van der Waals surface area contributed by atoms with Gasteiger partial charge in [-0.2, -0.15) is 127 Å². The van der Waals surface area contributed by atoms with Crippen molar-refractivity contribution in [1.29, 1.82) is 0 Å². The number of benzene rings is 5. The number of carbonyl (C=O) groups excluding carboxylic acids is 1. The number of carbonyl (C=O) groups is 1. The highest BCUT2D eigenvalue weighted by Gasteiger charge is 2.47. The van der Waals surface area contributed by atoms with Crippen LogP contribution in [0.2, 0.25) is 0 Å². The second kappa shape index (κ2) is 20.0. The van der Waals surface area contributed by atoms with Gasteiger partial charge in [0, 0.05) is 5.56 Å². The first kappa shape index (κ1) is 58.9. The molecule has 0 saturated heterocycles. The molecule has 0 amide bonds. The molecular formula is C44H29BF24O2S. The zero-order chi connectivity index (χ0) is 55.2. The first-order chi connectivity index (χ1) is 32.4. The van der Waals surface area contributed by atoms with Gasteiger partial charge in [0.15, 0.2) is 5.75 Å². The van der Waals surface area contributed by atoms with Crippen LogP contribution in [0.4, 0.5) is 105 Å². The highest BCUT2D eigenvalue weighted by molar-refractivity contribution is 8.03. The maximum absolute atomic E-state index is 14.2. The number of hydrogen-bond donors (Lipinski definition) is 0. The van der Waals surface area contributed by atoms with Crippen LogP contribution >= 0.6 is 0 Å². The molecular weight excluding hydrogens is 1060 g/mol. The van der Waals surface area contributed by atoms with Gasteiger partial charge in [-0.25, -0.2) is 0 Å². The van der Waals surface area contributed by atoms with Gasteiger partial charge in [0.05, 0.1) is 54.4 Å². The van der Waals surface area contributed by atoms with Crippen molar-refractivity contribution in [2.75, 3.05) is 17.3 Å². The molecule has 2 nitrogen and oxygen atoms in total. The van der Waals surface area contributed by atoms with Crippen LogP contribution in [0.3, 0.4) is 0 Å². The lowest BCUT2D eigenvalue weighted by Crippen LogP contribution is -2.75. The fraction of sp³-hybridized carbons (Fsp3) is 0.295. The van der Waals surface area contributed by atoms with Gasteiger partial charge in [-0.3, -0.25) is 4.79 Å². The summed E-state index contributed by atoms with van der Waals surface area (Å²) in [4.78, 5) is 11.8. The monoisotopic (exact) mass is 1090 g/mol. The third-order valence-electron chi connectivity index (χ3n) is 11.0. The van der Waals surface area contributed by atoms with E-state index >= 15 is 0 Å². The van der Waals surface area contributed by atoms with Crippen molar-refractivity contribution in [3.05, 3.63) is 153 Å². The molecule has 0 unspecified atom stereocenters. The van der Waals surface area contributed by atoms with Crippen LogP contribution in [-0.4, -0.2) is 29.2 Å². The van der Waals surface area contributed by atoms with Crippen LogP contribution in [0.25, 0.3) is 0 Å². The largest absolute Gasteiger partial charge is 0.416 e. The van der Waals surface area contributed by atoms with E-state index in [1.165, 1.54) is 0 Å². The summed E-state index contributed by atoms with van der Waals surface area (Å²) in [7, 11) is -1.96. The van der Waals surface area contributed by atoms with Gasteiger partial charge in [0.1, 0.15) is 17.7 Å². The van der Waals surface area contributed by atoms with Crippen LogP contribution < -0.4 is 21.9 Å². The molecule has 0 aromatic heterocycles. The maximum atomic E-state index is 14.2. The van der Waals surface area contributed by atoms with Gasteiger partial charge >= 0.3 is 49.4 Å². The molecule has 0 aliphatic heterocycles. The van der Waals surface area contributed by atoms with E-state index in [1.807, 2.05) is 32.0 Å². The molecule has 28 heteroatoms. The molecule has 72 heavy (non-hydrogen) atoms. The Hall–Kier alpha value is -5.70. The summed E-state index contributed by atoms with van der Waals surface area (Å²) in [6, 6.07) is 0.254. The van der Waals surface area contributed by atoms with Crippen LogP contribution in [-0.2, 0) is 63.6 Å². The van der Waals surface area contributed by atoms with Gasteiger partial charge < -0.3 is 0 Å². The Labute approximate surface area is 391 Å². The van der Waals surface area contributed by atoms with Crippen molar-refractivity contribution in [2.24, 2.45) is 0 Å². The minimum atomic E-state index is -6.13. The second-order valence-electron chi connectivity index (χ2n) is 15.7. The van der Waals surface area contributed by atoms with Crippen LogP contribution in [0.5, 0.6) is 0 Å². The van der Waals surface area contributed by atoms with Crippen molar-refractivity contribution in [3.63, 3.8) is 0 Å². The molecule has 0 fully saturated rings. The molecule has 0 N–H and O–H groups in total. The van der Waals surface area contributed by atoms with E-state index in [9.17, 15) is 114 Å². The zero-order valence-corrected chi connectivity index (χ0v) is 36.6. The van der Waals surface area contributed by atoms with Crippen molar-refractivity contribution >= 4 is 43.7 Å². The lowest BCUT2D eigenvalue weighted by Gasteiger charge is -2.46. The predicted molar refractivity (Wildman–Crippen MR) is 215 cm³/mol. The topological polar surface area (TPSA) is 34.1 Å². The van der Waals surface area contributed by atoms with E-state index in [2.05, 4.69) is 0 Å². The van der Waals surface area contributed by atoms with Crippen molar-refractivity contribution in [2.45, 2.75) is 63.3 Å². The molecule has 0 bridgehead atoms. The van der Waals surface area contributed by atoms with Crippen LogP contribution in [0.1, 0.15) is 68.7 Å². The highest BCUT2D eigenvalue weighted by Crippen LogP contribution is 2.41. The van der Waals surface area contributed by atoms with Gasteiger partial charge in [0.2, 0.25) is 5.78 Å². The highest BCUT2D eigenvalue weighted by atomic mass is 32.2. The lowest BCUT2D eigenvalue weighted by molar-refractivity contribution is -0.144. The zero-order valence-electron chi connectivity index (χ0n) is 35.8. The van der Waals surface area contributed by atoms with Gasteiger partial charge in [-0.15, -0.1) is 4.21 Å². The average Bonchev–Trinajstić information content (AvgIpc) is 3.24. The number of Topliss-reactive ketones (excluding diaryl/α,β-unsaturated/α-hetero) is 1. The molecule has 5 aromatic carbocycles. The van der Waals surface area contributed by atoms with E-state index in [4.69, 9.17) is 0 Å². The Balaban J connectivity index is 0.000000639. The number of alkyl halides is 24. The Bertz CT molecular complexity index is 2350. The van der Waals surface area contributed by atoms with Crippen LogP contribution in [0, 0.1) is 0 Å². The smallest absolute Gasteiger partial charge is 0.289 e. The summed E-state index contributed by atoms with van der Waals surface area (Å²) in [6.45, 7) is 3.76. The van der Waals surface area contributed by atoms with E-state index in [1.54, 1.807) is 12.1 Å². The van der Waals surface area contributed by atoms with Crippen LogP contribution in [0.15, 0.2) is 103 Å². The Morgan fingerprint density at radius 3 is 0.722 bits per heavy atom. The molecule has 0 saturated carbocycles. The lowest BCUT2D eigenvalue weighted by atomic mass is 9.12. The van der Waals surface area contributed by atoms with Gasteiger partial charge in [-0.05, 0) is 38.1 Å². The van der Waals surface area contributed by atoms with Crippen molar-refractivity contribution in [1.82, 2.24) is 0 Å². The molecule has 0 aliphatic carbocycles. The van der Waals surface area contributed by atoms with E-state index in [0.29, 0.717) is 17.1 Å². The Morgan fingerprint density at radius 1 is 0.361 bits per heavy atom. The number of halogens is 24. The standard InChI is InChI=1S/C32H12BF24.C12H17O2S/c34-25(35,36)13-1-14(26(37,38)39)6-21(5-13)33(22-7-15(27(40,41)42)2-16(8-22)28(43,44)45,23-9-17(29(46,47)48)3-18(10-23)30(49,50)51)24-11-19(31(52,53)54)4-20(12-24)32(55,56)57;1-3-15(14,4-2)10-12(13)11-8-6-5-7-9-11/h1-12H;5-9H,3-4,10H2,1-2H3/q-1;+1. The molecule has 0 radical (unpaired) electrons. The molecule has 394 valence electrons. The minimum Gasteiger partial charge on any atom is -0.289 e. The summed E-state index contributed by atoms with van der Waals surface area (Å²) in [5.74, 6) is 1.35. The van der Waals surface area contributed by atoms with Gasteiger partial charge in [0.25, 0.3) is 0 Å². The molecule has 5 rings (SSSR count). The number of hydrogen-bond acceptors (Lipinski definition) is 2. The second-order valence-corrected chi connectivity index (χ2v) is 19.1. The molecule has 0 spiro atoms. The van der Waals surface area contributed by atoms with Crippen molar-refractivity contribution < 1.29 is 114 Å². The first-order valence-electron chi connectivity index (χ1n) is 19.8.